The number of aliphatic imine (C=N–C) groups is 1. The summed E-state index contributed by atoms with van der Waals surface area (Å²) in [6.45, 7) is 0.785. The minimum absolute atomic E-state index is 0.164. The summed E-state index contributed by atoms with van der Waals surface area (Å²) in [4.78, 5) is 14.3. The molecule has 0 saturated carbocycles. The van der Waals surface area contributed by atoms with Crippen LogP contribution in [-0.4, -0.2) is 22.1 Å². The van der Waals surface area contributed by atoms with Crippen molar-refractivity contribution in [2.24, 2.45) is 4.99 Å². The molecule has 0 aliphatic carbocycles. The monoisotopic (exact) mass is 194 g/mol. The molecule has 3 nitrogen and oxygen atoms in total. The third kappa shape index (κ3) is 2.46. The number of hydrogen-bond donors (Lipinski definition) is 0. The van der Waals surface area contributed by atoms with Gasteiger partial charge in [-0.05, 0) is 0 Å². The first-order valence-electron chi connectivity index (χ1n) is 2.50. The van der Waals surface area contributed by atoms with E-state index in [-0.39, 0.29) is 4.56 Å². The third-order valence-corrected chi connectivity index (χ3v) is 1.91. The maximum absolute atomic E-state index is 10.3. The van der Waals surface area contributed by atoms with Crippen LogP contribution in [0.2, 0.25) is 0 Å². The summed E-state index contributed by atoms with van der Waals surface area (Å²) >= 11 is 2.04. The average molecular weight is 196 g/mol. The molecule has 0 saturated heterocycles. The molecule has 1 aliphatic rings. The fourth-order valence-electron chi connectivity index (χ4n) is 0.475. The molecule has 1 rings (SSSR count). The maximum atomic E-state index is 10.3. The average Bonchev–Trinajstić information content (AvgIpc) is 2.15. The van der Waals surface area contributed by atoms with Crippen molar-refractivity contribution < 1.29 is 27.8 Å². The van der Waals surface area contributed by atoms with Crippen molar-refractivity contribution in [1.82, 2.24) is 0 Å². The van der Waals surface area contributed by atoms with Gasteiger partial charge in [0.1, 0.15) is 0 Å². The van der Waals surface area contributed by atoms with Crippen molar-refractivity contribution in [3.8, 4) is 0 Å². The van der Waals surface area contributed by atoms with Crippen LogP contribution in [0.5, 0.6) is 0 Å². The van der Waals surface area contributed by atoms with Gasteiger partial charge in [-0.15, -0.1) is 0 Å². The topological polar surface area (TPSA) is 38.7 Å². The summed E-state index contributed by atoms with van der Waals surface area (Å²) < 4.78 is 4.58. The Balaban J connectivity index is 2.35. The van der Waals surface area contributed by atoms with Crippen LogP contribution >= 0.6 is 11.8 Å². The van der Waals surface area contributed by atoms with Crippen molar-refractivity contribution in [2.45, 2.75) is 0 Å². The van der Waals surface area contributed by atoms with Crippen LogP contribution in [0, 0.1) is 0 Å². The van der Waals surface area contributed by atoms with E-state index in [1.165, 1.54) is 11.8 Å². The molecule has 0 aromatic carbocycles. The predicted molar refractivity (Wildman–Crippen MR) is 31.2 cm³/mol. The summed E-state index contributed by atoms with van der Waals surface area (Å²) in [5, 5.41) is 0.547. The van der Waals surface area contributed by atoms with E-state index in [2.05, 4.69) is 4.99 Å². The van der Waals surface area contributed by atoms with Crippen LogP contribution in [0.25, 0.3) is 0 Å². The SMILES string of the molecule is O=[C]([Zn])OC1=NCCS1. The van der Waals surface area contributed by atoms with Gasteiger partial charge in [0.05, 0.1) is 0 Å². The number of hydrogen-bond acceptors (Lipinski definition) is 4. The van der Waals surface area contributed by atoms with E-state index in [0.29, 0.717) is 23.5 Å². The quantitative estimate of drug-likeness (QED) is 0.536. The first-order valence-corrected chi connectivity index (χ1v) is 4.97. The number of nitrogens with zero attached hydrogens (tertiary/aromatic N) is 1. The number of ether oxygens (including phenoxy) is 1. The number of thioether (sulfide) groups is 1. The van der Waals surface area contributed by atoms with Gasteiger partial charge in [-0.3, -0.25) is 0 Å². The van der Waals surface area contributed by atoms with Gasteiger partial charge in [0.2, 0.25) is 0 Å². The van der Waals surface area contributed by atoms with E-state index in [1.807, 2.05) is 0 Å². The zero-order valence-electron chi connectivity index (χ0n) is 4.79. The Morgan fingerprint density at radius 2 is 2.67 bits per heavy atom. The zero-order chi connectivity index (χ0) is 6.69. The molecule has 0 radical (unpaired) electrons. The first-order chi connectivity index (χ1) is 4.29. The molecule has 0 aromatic heterocycles. The van der Waals surface area contributed by atoms with Crippen molar-refractivity contribution in [3.63, 3.8) is 0 Å². The van der Waals surface area contributed by atoms with E-state index in [1.54, 1.807) is 0 Å². The molecule has 1 heterocycles. The van der Waals surface area contributed by atoms with Crippen LogP contribution in [-0.2, 0) is 23.0 Å². The second-order valence-electron chi connectivity index (χ2n) is 1.47. The summed E-state index contributed by atoms with van der Waals surface area (Å²) in [6, 6.07) is 0. The molecule has 0 unspecified atom stereocenters. The fraction of sp³-hybridized carbons (Fsp3) is 0.500. The Morgan fingerprint density at radius 3 is 3.11 bits per heavy atom. The van der Waals surface area contributed by atoms with Crippen molar-refractivity contribution in [2.75, 3.05) is 12.3 Å². The normalized spacial score (nSPS) is 17.3. The van der Waals surface area contributed by atoms with Crippen LogP contribution in [0.15, 0.2) is 4.99 Å². The van der Waals surface area contributed by atoms with Crippen LogP contribution in [0.1, 0.15) is 0 Å². The van der Waals surface area contributed by atoms with E-state index in [4.69, 9.17) is 4.74 Å². The summed E-state index contributed by atoms with van der Waals surface area (Å²) in [5.41, 5.74) is 0. The second-order valence-corrected chi connectivity index (χ2v) is 3.73. The molecule has 9 heavy (non-hydrogen) atoms. The molecule has 1 aliphatic heterocycles. The molecule has 0 atom stereocenters. The Bertz CT molecular complexity index is 159. The third-order valence-electron chi connectivity index (χ3n) is 0.759. The molecule has 0 spiro atoms. The summed E-state index contributed by atoms with van der Waals surface area (Å²) in [6.07, 6.45) is 0. The van der Waals surface area contributed by atoms with Crippen molar-refractivity contribution in [3.05, 3.63) is 0 Å². The molecule has 0 amide bonds. The second kappa shape index (κ2) is 3.32. The molecule has 0 aromatic rings. The number of carbonyl (C=O) groups excluding carboxylic acids is 1. The Hall–Kier alpha value is 0.113. The van der Waals surface area contributed by atoms with Gasteiger partial charge < -0.3 is 0 Å². The Labute approximate surface area is 66.9 Å². The first kappa shape index (κ1) is 7.22. The summed E-state index contributed by atoms with van der Waals surface area (Å²) in [5.74, 6) is 0.947. The molecule has 0 bridgehead atoms. The van der Waals surface area contributed by atoms with E-state index in [0.717, 1.165) is 12.3 Å². The molecule has 45 valence electrons. The van der Waals surface area contributed by atoms with E-state index in [9.17, 15) is 4.79 Å². The van der Waals surface area contributed by atoms with Gasteiger partial charge in [-0.2, -0.15) is 0 Å². The van der Waals surface area contributed by atoms with Crippen molar-refractivity contribution in [1.29, 1.82) is 0 Å². The predicted octanol–water partition coefficient (Wildman–Crippen LogP) is 0.773. The summed E-state index contributed by atoms with van der Waals surface area (Å²) in [7, 11) is 0. The van der Waals surface area contributed by atoms with E-state index >= 15 is 0 Å². The van der Waals surface area contributed by atoms with Gasteiger partial charge in [0, 0.05) is 0 Å². The molecular weight excluding hydrogens is 192 g/mol. The van der Waals surface area contributed by atoms with Crippen LogP contribution < -0.4 is 0 Å². The standard InChI is InChI=1S/C4H4NO2S.Zn/c6-3-7-4-5-1-2-8-4;/h1-2H2;. The Morgan fingerprint density at radius 1 is 1.89 bits per heavy atom. The minimum atomic E-state index is -0.164. The number of rotatable bonds is 0. The van der Waals surface area contributed by atoms with Crippen LogP contribution in [0.4, 0.5) is 4.79 Å². The molecule has 0 N–H and O–H groups in total. The zero-order valence-corrected chi connectivity index (χ0v) is 8.58. The van der Waals surface area contributed by atoms with Crippen LogP contribution in [0.3, 0.4) is 0 Å². The van der Waals surface area contributed by atoms with E-state index < -0.39 is 0 Å². The van der Waals surface area contributed by atoms with Gasteiger partial charge in [0.25, 0.3) is 0 Å². The fourth-order valence-corrected chi connectivity index (χ4v) is 1.67. The Kier molecular flexibility index (Phi) is 2.67. The molecule has 0 fully saturated rings. The van der Waals surface area contributed by atoms with Gasteiger partial charge in [-0.1, -0.05) is 0 Å². The van der Waals surface area contributed by atoms with Gasteiger partial charge in [0.15, 0.2) is 0 Å². The van der Waals surface area contributed by atoms with Gasteiger partial charge >= 0.3 is 66.7 Å². The number of carbonyl (C=O) groups is 1. The van der Waals surface area contributed by atoms with Crippen molar-refractivity contribution >= 4 is 21.6 Å². The molecular formula is C4H4NO2SZn. The molecule has 5 heteroatoms. The van der Waals surface area contributed by atoms with Gasteiger partial charge in [-0.25, -0.2) is 0 Å².